The van der Waals surface area contributed by atoms with Crippen LogP contribution in [0, 0.1) is 0 Å². The lowest BCUT2D eigenvalue weighted by Gasteiger charge is -2.19. The molecule has 5 heteroatoms. The van der Waals surface area contributed by atoms with Crippen LogP contribution in [0.1, 0.15) is 17.2 Å². The fourth-order valence-electron chi connectivity index (χ4n) is 2.18. The lowest BCUT2D eigenvalue weighted by Crippen LogP contribution is -2.29. The number of rotatable bonds is 5. The van der Waals surface area contributed by atoms with E-state index in [1.807, 2.05) is 32.3 Å². The molecule has 0 saturated heterocycles. The van der Waals surface area contributed by atoms with Crippen molar-refractivity contribution in [2.75, 3.05) is 19.0 Å². The van der Waals surface area contributed by atoms with E-state index in [1.165, 1.54) is 0 Å². The van der Waals surface area contributed by atoms with Gasteiger partial charge in [-0.1, -0.05) is 41.4 Å². The Balaban J connectivity index is 2.17. The number of nitrogens with two attached hydrogens (primary N) is 1. The largest absolute Gasteiger partial charge is 0.378 e. The third-order valence-electron chi connectivity index (χ3n) is 3.44. The van der Waals surface area contributed by atoms with Gasteiger partial charge in [-0.3, -0.25) is 11.3 Å². The molecular weight excluding hydrogens is 305 g/mol. The topological polar surface area (TPSA) is 41.3 Å². The Labute approximate surface area is 135 Å². The maximum Gasteiger partial charge on any atom is 0.0595 e. The summed E-state index contributed by atoms with van der Waals surface area (Å²) < 4.78 is 0. The van der Waals surface area contributed by atoms with Gasteiger partial charge >= 0.3 is 0 Å². The fraction of sp³-hybridized carbons (Fsp3) is 0.250. The Morgan fingerprint density at radius 2 is 1.71 bits per heavy atom. The second-order valence-corrected chi connectivity index (χ2v) is 5.97. The molecule has 3 nitrogen and oxygen atoms in total. The predicted octanol–water partition coefficient (Wildman–Crippen LogP) is 3.81. The monoisotopic (exact) mass is 323 g/mol. The van der Waals surface area contributed by atoms with Gasteiger partial charge in [0.2, 0.25) is 0 Å². The van der Waals surface area contributed by atoms with Gasteiger partial charge in [-0.25, -0.2) is 0 Å². The molecule has 0 spiro atoms. The van der Waals surface area contributed by atoms with Gasteiger partial charge in [-0.05, 0) is 41.8 Å². The number of hydrogen-bond donors (Lipinski definition) is 2. The van der Waals surface area contributed by atoms with E-state index in [4.69, 9.17) is 29.0 Å². The molecule has 0 amide bonds. The van der Waals surface area contributed by atoms with Crippen LogP contribution in [0.2, 0.25) is 10.0 Å². The van der Waals surface area contributed by atoms with Crippen LogP contribution >= 0.6 is 23.2 Å². The normalized spacial score (nSPS) is 12.2. The number of benzene rings is 2. The standard InChI is InChI=1S/C16H19Cl2N3/c1-21(2)13-6-4-12(5-7-13)16(20-19)10-11-3-8-14(17)15(18)9-11/h3-9,16,20H,10,19H2,1-2H3. The summed E-state index contributed by atoms with van der Waals surface area (Å²) in [6.45, 7) is 0. The van der Waals surface area contributed by atoms with Crippen LogP contribution in [-0.4, -0.2) is 14.1 Å². The summed E-state index contributed by atoms with van der Waals surface area (Å²) in [4.78, 5) is 2.06. The number of nitrogens with zero attached hydrogens (tertiary/aromatic N) is 1. The zero-order valence-electron chi connectivity index (χ0n) is 12.1. The minimum atomic E-state index is 0.0263. The molecule has 2 aromatic rings. The Bertz CT molecular complexity index is 597. The van der Waals surface area contributed by atoms with Crippen molar-refractivity contribution in [2.45, 2.75) is 12.5 Å². The van der Waals surface area contributed by atoms with Crippen molar-refractivity contribution in [3.63, 3.8) is 0 Å². The number of hydrogen-bond acceptors (Lipinski definition) is 3. The van der Waals surface area contributed by atoms with Crippen molar-refractivity contribution in [1.29, 1.82) is 0 Å². The Hall–Kier alpha value is -1.26. The molecule has 0 bridgehead atoms. The fourth-order valence-corrected chi connectivity index (χ4v) is 2.50. The van der Waals surface area contributed by atoms with E-state index in [0.717, 1.165) is 23.2 Å². The highest BCUT2D eigenvalue weighted by molar-refractivity contribution is 6.42. The van der Waals surface area contributed by atoms with Gasteiger partial charge in [0.1, 0.15) is 0 Å². The van der Waals surface area contributed by atoms with Crippen LogP contribution in [0.25, 0.3) is 0 Å². The molecule has 1 atom stereocenters. The van der Waals surface area contributed by atoms with E-state index in [1.54, 1.807) is 0 Å². The summed E-state index contributed by atoms with van der Waals surface area (Å²) in [6, 6.07) is 14.0. The molecule has 2 aromatic carbocycles. The summed E-state index contributed by atoms with van der Waals surface area (Å²) in [7, 11) is 4.03. The number of nitrogens with one attached hydrogen (secondary N) is 1. The Kier molecular flexibility index (Phi) is 5.48. The third-order valence-corrected chi connectivity index (χ3v) is 4.18. The highest BCUT2D eigenvalue weighted by Gasteiger charge is 2.12. The Morgan fingerprint density at radius 3 is 2.24 bits per heavy atom. The molecule has 112 valence electrons. The maximum atomic E-state index is 6.05. The van der Waals surface area contributed by atoms with Crippen LogP contribution in [0.15, 0.2) is 42.5 Å². The zero-order chi connectivity index (χ0) is 15.4. The van der Waals surface area contributed by atoms with Crippen molar-refractivity contribution in [1.82, 2.24) is 5.43 Å². The predicted molar refractivity (Wildman–Crippen MR) is 91.0 cm³/mol. The van der Waals surface area contributed by atoms with Crippen LogP contribution in [0.5, 0.6) is 0 Å². The lowest BCUT2D eigenvalue weighted by atomic mass is 9.99. The Morgan fingerprint density at radius 1 is 1.05 bits per heavy atom. The maximum absolute atomic E-state index is 6.05. The minimum absolute atomic E-state index is 0.0263. The van der Waals surface area contributed by atoms with Gasteiger partial charge in [-0.2, -0.15) is 0 Å². The molecule has 3 N–H and O–H groups in total. The lowest BCUT2D eigenvalue weighted by molar-refractivity contribution is 0.552. The zero-order valence-corrected chi connectivity index (χ0v) is 13.6. The van der Waals surface area contributed by atoms with Crippen molar-refractivity contribution < 1.29 is 0 Å². The smallest absolute Gasteiger partial charge is 0.0595 e. The van der Waals surface area contributed by atoms with Crippen molar-refractivity contribution >= 4 is 28.9 Å². The SMILES string of the molecule is CN(C)c1ccc(C(Cc2ccc(Cl)c(Cl)c2)NN)cc1. The molecule has 0 fully saturated rings. The summed E-state index contributed by atoms with van der Waals surface area (Å²) in [5, 5.41) is 1.13. The van der Waals surface area contributed by atoms with Crippen LogP contribution < -0.4 is 16.2 Å². The van der Waals surface area contributed by atoms with E-state index in [2.05, 4.69) is 34.6 Å². The van der Waals surface area contributed by atoms with Crippen molar-refractivity contribution in [3.05, 3.63) is 63.6 Å². The third kappa shape index (κ3) is 4.11. The molecule has 0 aromatic heterocycles. The average Bonchev–Trinajstić information content (AvgIpc) is 2.48. The summed E-state index contributed by atoms with van der Waals surface area (Å²) >= 11 is 12.0. The van der Waals surface area contributed by atoms with Gasteiger partial charge < -0.3 is 4.90 Å². The van der Waals surface area contributed by atoms with E-state index in [9.17, 15) is 0 Å². The van der Waals surface area contributed by atoms with Gasteiger partial charge in [0.05, 0.1) is 10.0 Å². The van der Waals surface area contributed by atoms with Gasteiger partial charge in [0.15, 0.2) is 0 Å². The second kappa shape index (κ2) is 7.14. The molecule has 0 aliphatic heterocycles. The first kappa shape index (κ1) is 16.1. The second-order valence-electron chi connectivity index (χ2n) is 5.16. The molecule has 21 heavy (non-hydrogen) atoms. The highest BCUT2D eigenvalue weighted by Crippen LogP contribution is 2.26. The first-order chi connectivity index (χ1) is 10.0. The molecule has 0 radical (unpaired) electrons. The summed E-state index contributed by atoms with van der Waals surface area (Å²) in [5.74, 6) is 5.70. The first-order valence-electron chi connectivity index (χ1n) is 6.68. The minimum Gasteiger partial charge on any atom is -0.378 e. The molecule has 0 saturated carbocycles. The van der Waals surface area contributed by atoms with Gasteiger partial charge in [0, 0.05) is 25.8 Å². The van der Waals surface area contributed by atoms with Crippen LogP contribution in [0.3, 0.4) is 0 Å². The molecular formula is C16H19Cl2N3. The quantitative estimate of drug-likeness (QED) is 0.649. The van der Waals surface area contributed by atoms with E-state index < -0.39 is 0 Å². The van der Waals surface area contributed by atoms with Crippen LogP contribution in [0.4, 0.5) is 5.69 Å². The van der Waals surface area contributed by atoms with Gasteiger partial charge in [-0.15, -0.1) is 0 Å². The first-order valence-corrected chi connectivity index (χ1v) is 7.44. The molecule has 0 aliphatic rings. The van der Waals surface area contributed by atoms with E-state index in [0.29, 0.717) is 10.0 Å². The molecule has 0 aliphatic carbocycles. The number of halogens is 2. The molecule has 0 heterocycles. The van der Waals surface area contributed by atoms with Crippen LogP contribution in [-0.2, 0) is 6.42 Å². The van der Waals surface area contributed by atoms with E-state index in [-0.39, 0.29) is 6.04 Å². The molecule has 2 rings (SSSR count). The summed E-state index contributed by atoms with van der Waals surface area (Å²) in [5.41, 5.74) is 6.24. The molecule has 1 unspecified atom stereocenters. The highest BCUT2D eigenvalue weighted by atomic mass is 35.5. The number of anilines is 1. The average molecular weight is 324 g/mol. The van der Waals surface area contributed by atoms with Crippen molar-refractivity contribution in [3.8, 4) is 0 Å². The number of hydrazine groups is 1. The van der Waals surface area contributed by atoms with Gasteiger partial charge in [0.25, 0.3) is 0 Å². The summed E-state index contributed by atoms with van der Waals surface area (Å²) in [6.07, 6.45) is 0.745. The van der Waals surface area contributed by atoms with Crippen molar-refractivity contribution in [2.24, 2.45) is 5.84 Å². The van der Waals surface area contributed by atoms with E-state index >= 15 is 0 Å².